The van der Waals surface area contributed by atoms with Gasteiger partial charge in [0, 0.05) is 23.9 Å². The number of unbranched alkanes of at least 4 members (excludes halogenated alkanes) is 2. The number of nitrogens with one attached hydrogen (secondary N) is 1. The lowest BCUT2D eigenvalue weighted by atomic mass is 9.89. The number of hydrogen-bond acceptors (Lipinski definition) is 12. The summed E-state index contributed by atoms with van der Waals surface area (Å²) in [6, 6.07) is 17.3. The van der Waals surface area contributed by atoms with Crippen LogP contribution in [0.4, 0.5) is 0 Å². The third kappa shape index (κ3) is 8.79. The number of benzene rings is 5. The van der Waals surface area contributed by atoms with E-state index in [9.17, 15) is 55.5 Å². The molecule has 0 aliphatic heterocycles. The Labute approximate surface area is 316 Å². The van der Waals surface area contributed by atoms with Gasteiger partial charge in [-0.2, -0.15) is 0 Å². The summed E-state index contributed by atoms with van der Waals surface area (Å²) in [5.74, 6) is -7.59. The van der Waals surface area contributed by atoms with Crippen LogP contribution in [0.3, 0.4) is 0 Å². The van der Waals surface area contributed by atoms with Crippen LogP contribution >= 0.6 is 0 Å². The zero-order valence-corrected chi connectivity index (χ0v) is 30.2. The molecule has 288 valence electrons. The molecule has 0 fully saturated rings. The molecule has 0 saturated carbocycles. The maximum Gasteiger partial charge on any atom is 0.345 e. The number of phenols is 8. The monoisotopic (exact) mass is 753 g/mol. The number of rotatable bonds is 15. The van der Waals surface area contributed by atoms with Crippen molar-refractivity contribution < 1.29 is 60.3 Å². The van der Waals surface area contributed by atoms with Crippen LogP contribution in [-0.4, -0.2) is 77.1 Å². The minimum Gasteiger partial charge on any atom is -0.508 e. The van der Waals surface area contributed by atoms with Gasteiger partial charge in [-0.3, -0.25) is 0 Å². The van der Waals surface area contributed by atoms with Gasteiger partial charge in [0.05, 0.1) is 0 Å². The smallest absolute Gasteiger partial charge is 0.345 e. The molecule has 0 heterocycles. The molecule has 0 aromatic heterocycles. The third-order valence-electron chi connectivity index (χ3n) is 9.35. The molecule has 0 amide bonds. The second kappa shape index (κ2) is 17.0. The van der Waals surface area contributed by atoms with E-state index in [1.807, 2.05) is 6.92 Å². The van der Waals surface area contributed by atoms with E-state index in [0.717, 1.165) is 31.1 Å². The molecule has 13 nitrogen and oxygen atoms in total. The normalized spacial score (nSPS) is 12.7. The van der Waals surface area contributed by atoms with E-state index in [2.05, 4.69) is 5.32 Å². The first-order valence-corrected chi connectivity index (χ1v) is 17.7. The van der Waals surface area contributed by atoms with Crippen LogP contribution in [0.25, 0.3) is 38.6 Å². The van der Waals surface area contributed by atoms with Gasteiger partial charge < -0.3 is 56.0 Å². The molecule has 0 aliphatic carbocycles. The minimum absolute atomic E-state index is 0.0246. The number of aliphatic carboxylic acids is 1. The van der Waals surface area contributed by atoms with Crippen LogP contribution in [-0.2, 0) is 14.3 Å². The highest BCUT2D eigenvalue weighted by Crippen LogP contribution is 2.45. The highest BCUT2D eigenvalue weighted by atomic mass is 16.6. The van der Waals surface area contributed by atoms with Gasteiger partial charge in [-0.25, -0.2) is 9.59 Å². The van der Waals surface area contributed by atoms with E-state index in [4.69, 9.17) is 4.74 Å². The topological polar surface area (TPSA) is 237 Å². The van der Waals surface area contributed by atoms with E-state index in [-0.39, 0.29) is 29.7 Å². The number of carboxylic acids is 1. The first-order valence-electron chi connectivity index (χ1n) is 17.7. The van der Waals surface area contributed by atoms with Crippen molar-refractivity contribution in [2.75, 3.05) is 13.1 Å². The number of fused-ring (bicyclic) bond motifs is 1. The van der Waals surface area contributed by atoms with Gasteiger partial charge in [0.15, 0.2) is 40.2 Å². The number of ether oxygens (including phenoxy) is 1. The Morgan fingerprint density at radius 3 is 1.95 bits per heavy atom. The fourth-order valence-corrected chi connectivity index (χ4v) is 6.55. The molecule has 55 heavy (non-hydrogen) atoms. The lowest BCUT2D eigenvalue weighted by Crippen LogP contribution is -2.38. The van der Waals surface area contributed by atoms with Crippen molar-refractivity contribution >= 4 is 28.3 Å². The molecular formula is C42H43NO12. The summed E-state index contributed by atoms with van der Waals surface area (Å²) in [5.41, 5.74) is 2.69. The number of aromatic hydroxyl groups is 8. The maximum atomic E-state index is 13.7. The summed E-state index contributed by atoms with van der Waals surface area (Å²) >= 11 is 0. The molecule has 5 aromatic carbocycles. The molecule has 0 unspecified atom stereocenters. The van der Waals surface area contributed by atoms with E-state index >= 15 is 0 Å². The van der Waals surface area contributed by atoms with Gasteiger partial charge >= 0.3 is 11.9 Å². The largest absolute Gasteiger partial charge is 0.508 e. The molecular weight excluding hydrogens is 710 g/mol. The molecule has 5 aromatic rings. The van der Waals surface area contributed by atoms with Crippen LogP contribution < -0.4 is 5.32 Å². The van der Waals surface area contributed by atoms with E-state index in [1.54, 1.807) is 37.3 Å². The standard InChI is InChI=1S/C42H43NO12/c1-3-5-6-8-23(17-38(50)55-41(42(53)54)32(21-43-4-2)25-15-35(47)40(52)36(48)16-25)30-20-37(49)39(51)27-12-11-24(14-31(27)30)29-19-34(46)33(45)18-28(29)22-9-7-10-26(44)13-22/h7,9-20,32,41,43-49,51-52H,3-6,8,21H2,1-2H3,(H,53,54)/b23-17+/t32-,41-/m1/s1. The van der Waals surface area contributed by atoms with Crippen LogP contribution in [0, 0.1) is 0 Å². The van der Waals surface area contributed by atoms with Crippen molar-refractivity contribution in [3.63, 3.8) is 0 Å². The number of carboxylic acid groups (broad SMARTS) is 1. The maximum absolute atomic E-state index is 13.7. The van der Waals surface area contributed by atoms with Crippen molar-refractivity contribution in [1.29, 1.82) is 0 Å². The van der Waals surface area contributed by atoms with Gasteiger partial charge in [0.25, 0.3) is 0 Å². The molecule has 0 bridgehead atoms. The lowest BCUT2D eigenvalue weighted by molar-refractivity contribution is -0.162. The quantitative estimate of drug-likeness (QED) is 0.0221. The Morgan fingerprint density at radius 1 is 0.709 bits per heavy atom. The lowest BCUT2D eigenvalue weighted by Gasteiger charge is -2.25. The predicted molar refractivity (Wildman–Crippen MR) is 205 cm³/mol. The van der Waals surface area contributed by atoms with Gasteiger partial charge in [-0.05, 0) is 118 Å². The van der Waals surface area contributed by atoms with Gasteiger partial charge in [-0.15, -0.1) is 0 Å². The second-order valence-electron chi connectivity index (χ2n) is 13.1. The zero-order valence-electron chi connectivity index (χ0n) is 30.2. The number of phenolic OH excluding ortho intramolecular Hbond substituents is 8. The Kier molecular flexibility index (Phi) is 12.3. The van der Waals surface area contributed by atoms with Crippen molar-refractivity contribution in [2.24, 2.45) is 0 Å². The Balaban J connectivity index is 1.64. The van der Waals surface area contributed by atoms with Crippen LogP contribution in [0.5, 0.6) is 46.0 Å². The average Bonchev–Trinajstić information content (AvgIpc) is 3.15. The number of allylic oxidation sites excluding steroid dienone is 1. The molecule has 13 heteroatoms. The molecule has 0 aliphatic rings. The first kappa shape index (κ1) is 39.6. The molecule has 5 rings (SSSR count). The van der Waals surface area contributed by atoms with Crippen molar-refractivity contribution in [2.45, 2.75) is 51.6 Å². The summed E-state index contributed by atoms with van der Waals surface area (Å²) in [5, 5.41) is 97.1. The molecule has 10 N–H and O–H groups in total. The van der Waals surface area contributed by atoms with Crippen LogP contribution in [0.15, 0.2) is 78.9 Å². The fraction of sp³-hybridized carbons (Fsp3) is 0.238. The molecule has 0 spiro atoms. The van der Waals surface area contributed by atoms with Crippen molar-refractivity contribution in [3.8, 4) is 68.2 Å². The molecule has 2 atom stereocenters. The highest BCUT2D eigenvalue weighted by molar-refractivity contribution is 6.05. The van der Waals surface area contributed by atoms with E-state index in [0.29, 0.717) is 51.7 Å². The summed E-state index contributed by atoms with van der Waals surface area (Å²) in [7, 11) is 0. The highest BCUT2D eigenvalue weighted by Gasteiger charge is 2.34. The Bertz CT molecular complexity index is 2240. The number of carbonyl (C=O) groups is 2. The first-order chi connectivity index (χ1) is 26.2. The van der Waals surface area contributed by atoms with Crippen molar-refractivity contribution in [3.05, 3.63) is 90.0 Å². The molecule has 0 saturated heterocycles. The minimum atomic E-state index is -1.82. The third-order valence-corrected chi connectivity index (χ3v) is 9.35. The SMILES string of the molecule is CCCCC/C(=C\C(=O)O[C@@H](C(=O)O)[C@H](CNCC)c1cc(O)c(O)c(O)c1)c1cc(O)c(O)c2ccc(-c3cc(O)c(O)cc3-c3cccc(O)c3)cc12. The summed E-state index contributed by atoms with van der Waals surface area (Å²) in [6.07, 6.45) is 1.76. The average molecular weight is 754 g/mol. The fourth-order valence-electron chi connectivity index (χ4n) is 6.55. The van der Waals surface area contributed by atoms with Crippen molar-refractivity contribution in [1.82, 2.24) is 5.32 Å². The summed E-state index contributed by atoms with van der Waals surface area (Å²) in [4.78, 5) is 26.4. The number of esters is 1. The number of likely N-dealkylation sites (N-methyl/N-ethyl adjacent to an activating group) is 1. The van der Waals surface area contributed by atoms with Crippen LogP contribution in [0.2, 0.25) is 0 Å². The summed E-state index contributed by atoms with van der Waals surface area (Å²) < 4.78 is 5.59. The Hall–Kier alpha value is -6.60. The second-order valence-corrected chi connectivity index (χ2v) is 13.1. The number of hydrogen-bond donors (Lipinski definition) is 10. The van der Waals surface area contributed by atoms with Gasteiger partial charge in [0.2, 0.25) is 6.10 Å². The summed E-state index contributed by atoms with van der Waals surface area (Å²) in [6.45, 7) is 4.13. The number of carbonyl (C=O) groups excluding carboxylic acids is 1. The van der Waals surface area contributed by atoms with Gasteiger partial charge in [0.1, 0.15) is 5.75 Å². The predicted octanol–water partition coefficient (Wildman–Crippen LogP) is 7.17. The Morgan fingerprint density at radius 2 is 1.35 bits per heavy atom. The zero-order chi connectivity index (χ0) is 40.0. The van der Waals surface area contributed by atoms with E-state index in [1.165, 1.54) is 30.3 Å². The molecule has 0 radical (unpaired) electrons. The van der Waals surface area contributed by atoms with Crippen LogP contribution in [0.1, 0.15) is 56.6 Å². The van der Waals surface area contributed by atoms with E-state index < -0.39 is 64.2 Å². The van der Waals surface area contributed by atoms with Gasteiger partial charge in [-0.1, -0.05) is 44.9 Å².